The summed E-state index contributed by atoms with van der Waals surface area (Å²) in [4.78, 5) is 4.45. The lowest BCUT2D eigenvalue weighted by molar-refractivity contribution is 0.419. The van der Waals surface area contributed by atoms with Gasteiger partial charge in [0.1, 0.15) is 23.3 Å². The molecule has 0 saturated heterocycles. The van der Waals surface area contributed by atoms with E-state index in [1.54, 1.807) is 6.07 Å². The number of hydrogen-bond donors (Lipinski definition) is 1. The van der Waals surface area contributed by atoms with Crippen molar-refractivity contribution in [3.05, 3.63) is 46.9 Å². The quantitative estimate of drug-likeness (QED) is 0.922. The Morgan fingerprint density at radius 3 is 2.96 bits per heavy atom. The maximum absolute atomic E-state index is 13.7. The Morgan fingerprint density at radius 2 is 2.26 bits per heavy atom. The monoisotopic (exact) mass is 309 g/mol. The third-order valence-electron chi connectivity index (χ3n) is 4.62. The van der Waals surface area contributed by atoms with E-state index < -0.39 is 0 Å². The topological polar surface area (TPSA) is 62.7 Å². The number of pyridine rings is 1. The van der Waals surface area contributed by atoms with Crippen LogP contribution in [0, 0.1) is 23.1 Å². The fourth-order valence-corrected chi connectivity index (χ4v) is 3.58. The molecule has 0 aliphatic heterocycles. The van der Waals surface area contributed by atoms with Crippen molar-refractivity contribution in [1.29, 1.82) is 5.26 Å². The summed E-state index contributed by atoms with van der Waals surface area (Å²) in [5.41, 5.74) is 9.89. The molecule has 2 aromatic rings. The van der Waals surface area contributed by atoms with Gasteiger partial charge in [0, 0.05) is 11.3 Å². The number of nitrogens with zero attached hydrogens (tertiary/aromatic N) is 2. The summed E-state index contributed by atoms with van der Waals surface area (Å²) in [5.74, 6) is 0.535. The molecule has 1 atom stereocenters. The molecule has 0 spiro atoms. The summed E-state index contributed by atoms with van der Waals surface area (Å²) in [6.45, 7) is 2.19. The van der Waals surface area contributed by atoms with Gasteiger partial charge in [-0.15, -0.1) is 0 Å². The van der Waals surface area contributed by atoms with Crippen LogP contribution in [-0.4, -0.2) is 4.98 Å². The zero-order chi connectivity index (χ0) is 16.4. The number of hydrogen-bond acceptors (Lipinski definition) is 3. The molecule has 3 rings (SSSR count). The van der Waals surface area contributed by atoms with Gasteiger partial charge in [-0.1, -0.05) is 31.9 Å². The molecule has 1 aliphatic rings. The Labute approximate surface area is 136 Å². The summed E-state index contributed by atoms with van der Waals surface area (Å²) in [5, 5.41) is 9.54. The van der Waals surface area contributed by atoms with Crippen molar-refractivity contribution in [3.8, 4) is 17.2 Å². The summed E-state index contributed by atoms with van der Waals surface area (Å²) >= 11 is 0. The van der Waals surface area contributed by atoms with Crippen LogP contribution in [-0.2, 0) is 12.8 Å². The van der Waals surface area contributed by atoms with Crippen LogP contribution in [0.4, 0.5) is 10.2 Å². The second-order valence-electron chi connectivity index (χ2n) is 6.19. The predicted molar refractivity (Wildman–Crippen MR) is 89.2 cm³/mol. The summed E-state index contributed by atoms with van der Waals surface area (Å²) in [6, 6.07) is 8.55. The molecule has 0 fully saturated rings. The molecule has 0 radical (unpaired) electrons. The molecule has 118 valence electrons. The fraction of sp³-hybridized carbons (Fsp3) is 0.368. The van der Waals surface area contributed by atoms with Crippen LogP contribution in [0.3, 0.4) is 0 Å². The lowest BCUT2D eigenvalue weighted by Crippen LogP contribution is -2.18. The second-order valence-corrected chi connectivity index (χ2v) is 6.19. The summed E-state index contributed by atoms with van der Waals surface area (Å²) in [6.07, 6.45) is 5.16. The minimum Gasteiger partial charge on any atom is -0.383 e. The highest BCUT2D eigenvalue weighted by Gasteiger charge is 2.26. The van der Waals surface area contributed by atoms with Gasteiger partial charge in [-0.05, 0) is 48.4 Å². The third kappa shape index (κ3) is 2.92. The first-order valence-corrected chi connectivity index (χ1v) is 8.11. The van der Waals surface area contributed by atoms with Crippen LogP contribution in [0.5, 0.6) is 0 Å². The summed E-state index contributed by atoms with van der Waals surface area (Å²) < 4.78 is 13.7. The van der Waals surface area contributed by atoms with Crippen molar-refractivity contribution in [2.45, 2.75) is 39.0 Å². The van der Waals surface area contributed by atoms with Gasteiger partial charge in [0.15, 0.2) is 0 Å². The SMILES string of the molecule is CCCC1CCc2nc(N)c(C#N)c(-c3cccc(F)c3)c2C1. The second kappa shape index (κ2) is 6.37. The van der Waals surface area contributed by atoms with E-state index in [-0.39, 0.29) is 11.6 Å². The number of benzene rings is 1. The molecule has 1 unspecified atom stereocenters. The molecular weight excluding hydrogens is 289 g/mol. The molecule has 0 bridgehead atoms. The van der Waals surface area contributed by atoms with Crippen LogP contribution in [0.15, 0.2) is 24.3 Å². The molecule has 1 heterocycles. The third-order valence-corrected chi connectivity index (χ3v) is 4.62. The van der Waals surface area contributed by atoms with Gasteiger partial charge in [0.2, 0.25) is 0 Å². The number of anilines is 1. The van der Waals surface area contributed by atoms with Crippen LogP contribution >= 0.6 is 0 Å². The lowest BCUT2D eigenvalue weighted by Gasteiger charge is -2.27. The van der Waals surface area contributed by atoms with Crippen molar-refractivity contribution >= 4 is 5.82 Å². The molecule has 1 aliphatic carbocycles. The Balaban J connectivity index is 2.20. The van der Waals surface area contributed by atoms with Gasteiger partial charge in [-0.2, -0.15) is 5.26 Å². The molecule has 1 aromatic carbocycles. The van der Waals surface area contributed by atoms with E-state index in [0.29, 0.717) is 17.0 Å². The van der Waals surface area contributed by atoms with Crippen molar-refractivity contribution in [2.75, 3.05) is 5.73 Å². The number of nitriles is 1. The average molecular weight is 309 g/mol. The molecule has 3 nitrogen and oxygen atoms in total. The van der Waals surface area contributed by atoms with Gasteiger partial charge in [0.05, 0.1) is 0 Å². The Morgan fingerprint density at radius 1 is 1.43 bits per heavy atom. The van der Waals surface area contributed by atoms with Crippen LogP contribution in [0.2, 0.25) is 0 Å². The van der Waals surface area contributed by atoms with Gasteiger partial charge in [-0.3, -0.25) is 0 Å². The first kappa shape index (κ1) is 15.5. The maximum Gasteiger partial charge on any atom is 0.142 e. The first-order chi connectivity index (χ1) is 11.1. The van der Waals surface area contributed by atoms with Gasteiger partial charge < -0.3 is 5.73 Å². The molecule has 1 aromatic heterocycles. The normalized spacial score (nSPS) is 16.7. The van der Waals surface area contributed by atoms with E-state index in [4.69, 9.17) is 5.73 Å². The zero-order valence-electron chi connectivity index (χ0n) is 13.3. The number of nitrogens with two attached hydrogens (primary N) is 1. The lowest BCUT2D eigenvalue weighted by atomic mass is 9.79. The van der Waals surface area contributed by atoms with Crippen molar-refractivity contribution < 1.29 is 4.39 Å². The maximum atomic E-state index is 13.7. The predicted octanol–water partition coefficient (Wildman–Crippen LogP) is 4.25. The number of nitrogen functional groups attached to an aromatic ring is 1. The fourth-order valence-electron chi connectivity index (χ4n) is 3.58. The van der Waals surface area contributed by atoms with Crippen LogP contribution in [0.25, 0.3) is 11.1 Å². The first-order valence-electron chi connectivity index (χ1n) is 8.11. The van der Waals surface area contributed by atoms with Gasteiger partial charge in [0.25, 0.3) is 0 Å². The van der Waals surface area contributed by atoms with E-state index in [9.17, 15) is 9.65 Å². The number of halogens is 1. The minimum atomic E-state index is -0.309. The van der Waals surface area contributed by atoms with Crippen LogP contribution in [0.1, 0.15) is 43.0 Å². The molecule has 23 heavy (non-hydrogen) atoms. The van der Waals surface area contributed by atoms with Gasteiger partial charge >= 0.3 is 0 Å². The molecule has 0 saturated carbocycles. The zero-order valence-corrected chi connectivity index (χ0v) is 13.3. The Hall–Kier alpha value is -2.41. The number of aromatic nitrogens is 1. The van der Waals surface area contributed by atoms with E-state index in [1.807, 2.05) is 6.07 Å². The number of fused-ring (bicyclic) bond motifs is 1. The highest BCUT2D eigenvalue weighted by Crippen LogP contribution is 2.38. The van der Waals surface area contributed by atoms with Crippen molar-refractivity contribution in [2.24, 2.45) is 5.92 Å². The smallest absolute Gasteiger partial charge is 0.142 e. The standard InChI is InChI=1S/C19H20FN3/c1-2-4-12-7-8-17-15(9-12)18(16(11-21)19(22)23-17)13-5-3-6-14(20)10-13/h3,5-6,10,12H,2,4,7-9H2,1H3,(H2,22,23). The highest BCUT2D eigenvalue weighted by molar-refractivity contribution is 5.79. The molecule has 4 heteroatoms. The van der Waals surface area contributed by atoms with Gasteiger partial charge in [-0.25, -0.2) is 9.37 Å². The van der Waals surface area contributed by atoms with Crippen molar-refractivity contribution in [1.82, 2.24) is 4.98 Å². The van der Waals surface area contributed by atoms with Crippen molar-refractivity contribution in [3.63, 3.8) is 0 Å². The number of aryl methyl sites for hydroxylation is 1. The number of rotatable bonds is 3. The van der Waals surface area contributed by atoms with E-state index in [0.717, 1.165) is 48.9 Å². The van der Waals surface area contributed by atoms with E-state index in [2.05, 4.69) is 18.0 Å². The van der Waals surface area contributed by atoms with Crippen LogP contribution < -0.4 is 5.73 Å². The largest absolute Gasteiger partial charge is 0.383 e. The Kier molecular flexibility index (Phi) is 4.29. The molecule has 0 amide bonds. The summed E-state index contributed by atoms with van der Waals surface area (Å²) in [7, 11) is 0. The minimum absolute atomic E-state index is 0.249. The van der Waals surface area contributed by atoms with E-state index in [1.165, 1.54) is 12.1 Å². The van der Waals surface area contributed by atoms with E-state index >= 15 is 0 Å². The average Bonchev–Trinajstić information content (AvgIpc) is 2.54. The molecule has 2 N–H and O–H groups in total. The highest BCUT2D eigenvalue weighted by atomic mass is 19.1. The molecular formula is C19H20FN3. The Bertz CT molecular complexity index is 777.